The Morgan fingerprint density at radius 1 is 1.11 bits per heavy atom. The second kappa shape index (κ2) is 5.74. The van der Waals surface area contributed by atoms with Crippen LogP contribution in [-0.2, 0) is 9.53 Å². The first kappa shape index (κ1) is 15.7. The van der Waals surface area contributed by atoms with Gasteiger partial charge in [0.1, 0.15) is 5.60 Å². The average Bonchev–Trinajstić information content (AvgIpc) is 2.23. The molecule has 0 atom stereocenters. The van der Waals surface area contributed by atoms with Crippen LogP contribution < -0.4 is 0 Å². The highest BCUT2D eigenvalue weighted by atomic mass is 28.3. The Labute approximate surface area is 117 Å². The molecule has 0 amide bonds. The molecule has 1 aromatic carbocycles. The van der Waals surface area contributed by atoms with Gasteiger partial charge in [0.25, 0.3) is 0 Å². The lowest BCUT2D eigenvalue weighted by Crippen LogP contribution is -2.34. The number of hydrogen-bond donors (Lipinski definition) is 0. The summed E-state index contributed by atoms with van der Waals surface area (Å²) >= 11 is 0. The van der Waals surface area contributed by atoms with Crippen molar-refractivity contribution in [1.82, 2.24) is 0 Å². The maximum absolute atomic E-state index is 12.4. The molecule has 0 aliphatic carbocycles. The number of esters is 1. The van der Waals surface area contributed by atoms with Crippen molar-refractivity contribution in [3.05, 3.63) is 41.1 Å². The Bertz CT molecular complexity index is 462. The first-order valence-corrected chi connectivity index (χ1v) is 10.1. The van der Waals surface area contributed by atoms with E-state index in [1.807, 2.05) is 57.2 Å². The summed E-state index contributed by atoms with van der Waals surface area (Å²) < 4.78 is 5.53. The topological polar surface area (TPSA) is 26.3 Å². The smallest absolute Gasteiger partial charge is 0.330 e. The van der Waals surface area contributed by atoms with Gasteiger partial charge in [0.15, 0.2) is 0 Å². The molecule has 0 saturated heterocycles. The minimum Gasteiger partial charge on any atom is -0.457 e. The van der Waals surface area contributed by atoms with Crippen molar-refractivity contribution in [2.24, 2.45) is 0 Å². The van der Waals surface area contributed by atoms with Crippen molar-refractivity contribution in [3.8, 4) is 0 Å². The number of rotatable bonds is 3. The van der Waals surface area contributed by atoms with Crippen LogP contribution in [0.3, 0.4) is 0 Å². The van der Waals surface area contributed by atoms with Gasteiger partial charge in [0.2, 0.25) is 0 Å². The molecule has 0 unspecified atom stereocenters. The normalized spacial score (nSPS) is 13.3. The molecule has 0 bridgehead atoms. The maximum Gasteiger partial charge on any atom is 0.330 e. The molecule has 2 nitrogen and oxygen atoms in total. The highest BCUT2D eigenvalue weighted by molar-refractivity contribution is 6.87. The molecule has 0 spiro atoms. The Morgan fingerprint density at radius 2 is 1.63 bits per heavy atom. The fourth-order valence-corrected chi connectivity index (χ4v) is 2.89. The van der Waals surface area contributed by atoms with E-state index in [1.165, 1.54) is 0 Å². The van der Waals surface area contributed by atoms with Gasteiger partial charge in [0.05, 0.1) is 8.07 Å². The van der Waals surface area contributed by atoms with Gasteiger partial charge in [-0.15, -0.1) is 0 Å². The largest absolute Gasteiger partial charge is 0.457 e. The zero-order valence-corrected chi connectivity index (χ0v) is 13.8. The molecular weight excluding hydrogens is 252 g/mol. The van der Waals surface area contributed by atoms with E-state index in [-0.39, 0.29) is 5.97 Å². The van der Waals surface area contributed by atoms with Crippen molar-refractivity contribution in [2.75, 3.05) is 0 Å². The Hall–Kier alpha value is -1.35. The SMILES string of the molecule is CC(C)(C)OC(=O)C(=Cc1ccccc1)[Si](C)(C)C. The lowest BCUT2D eigenvalue weighted by Gasteiger charge is -2.25. The minimum absolute atomic E-state index is 0.185. The molecule has 0 saturated carbocycles. The van der Waals surface area contributed by atoms with E-state index in [4.69, 9.17) is 4.74 Å². The van der Waals surface area contributed by atoms with Crippen molar-refractivity contribution in [3.63, 3.8) is 0 Å². The van der Waals surface area contributed by atoms with E-state index in [2.05, 4.69) is 19.6 Å². The molecule has 3 heteroatoms. The summed E-state index contributed by atoms with van der Waals surface area (Å²) in [7, 11) is -1.75. The van der Waals surface area contributed by atoms with Crippen LogP contribution in [0.2, 0.25) is 19.6 Å². The lowest BCUT2D eigenvalue weighted by atomic mass is 10.2. The Morgan fingerprint density at radius 3 is 2.05 bits per heavy atom. The van der Waals surface area contributed by atoms with Crippen molar-refractivity contribution < 1.29 is 9.53 Å². The molecule has 1 aromatic rings. The van der Waals surface area contributed by atoms with Gasteiger partial charge in [-0.2, -0.15) is 0 Å². The molecule has 0 aliphatic rings. The van der Waals surface area contributed by atoms with Crippen molar-refractivity contribution in [1.29, 1.82) is 0 Å². The first-order chi connectivity index (χ1) is 8.59. The van der Waals surface area contributed by atoms with E-state index in [0.717, 1.165) is 10.8 Å². The highest BCUT2D eigenvalue weighted by Gasteiger charge is 2.29. The van der Waals surface area contributed by atoms with Crippen molar-refractivity contribution in [2.45, 2.75) is 46.0 Å². The standard InChI is InChI=1S/C16H24O2Si/c1-16(2,3)18-15(17)14(19(4,5)6)12-13-10-8-7-9-11-13/h7-12H,1-6H3. The van der Waals surface area contributed by atoms with Crippen LogP contribution in [0.5, 0.6) is 0 Å². The molecule has 19 heavy (non-hydrogen) atoms. The van der Waals surface area contributed by atoms with Gasteiger partial charge in [-0.25, -0.2) is 4.79 Å². The first-order valence-electron chi connectivity index (χ1n) is 6.60. The summed E-state index contributed by atoms with van der Waals surface area (Å²) in [5, 5.41) is 0.827. The summed E-state index contributed by atoms with van der Waals surface area (Å²) in [6.07, 6.45) is 1.97. The molecule has 0 fully saturated rings. The summed E-state index contributed by atoms with van der Waals surface area (Å²) in [4.78, 5) is 12.4. The summed E-state index contributed by atoms with van der Waals surface area (Å²) in [6, 6.07) is 9.93. The maximum atomic E-state index is 12.4. The molecule has 0 N–H and O–H groups in total. The third-order valence-electron chi connectivity index (χ3n) is 2.54. The van der Waals surface area contributed by atoms with E-state index in [1.54, 1.807) is 0 Å². The van der Waals surface area contributed by atoms with Gasteiger partial charge < -0.3 is 4.74 Å². The molecule has 104 valence electrons. The molecule has 0 radical (unpaired) electrons. The van der Waals surface area contributed by atoms with E-state index < -0.39 is 13.7 Å². The van der Waals surface area contributed by atoms with E-state index in [9.17, 15) is 4.79 Å². The quantitative estimate of drug-likeness (QED) is 0.468. The van der Waals surface area contributed by atoms with E-state index >= 15 is 0 Å². The fourth-order valence-electron chi connectivity index (χ4n) is 1.63. The molecule has 0 aliphatic heterocycles. The Balaban J connectivity index is 3.10. The molecule has 0 aromatic heterocycles. The van der Waals surface area contributed by atoms with Gasteiger partial charge in [-0.3, -0.25) is 0 Å². The lowest BCUT2D eigenvalue weighted by molar-refractivity contribution is -0.149. The number of hydrogen-bond acceptors (Lipinski definition) is 2. The summed E-state index contributed by atoms with van der Waals surface area (Å²) in [6.45, 7) is 12.2. The Kier molecular flexibility index (Phi) is 4.74. The van der Waals surface area contributed by atoms with Crippen LogP contribution in [0.1, 0.15) is 26.3 Å². The number of ether oxygens (including phenoxy) is 1. The van der Waals surface area contributed by atoms with Crippen LogP contribution >= 0.6 is 0 Å². The second-order valence-electron chi connectivity index (χ2n) is 6.72. The zero-order chi connectivity index (χ0) is 14.7. The van der Waals surface area contributed by atoms with E-state index in [0.29, 0.717) is 0 Å². The van der Waals surface area contributed by atoms with Gasteiger partial charge in [0, 0.05) is 5.20 Å². The number of carbonyl (C=O) groups excluding carboxylic acids is 1. The zero-order valence-electron chi connectivity index (χ0n) is 12.8. The summed E-state index contributed by atoms with van der Waals surface area (Å²) in [5.41, 5.74) is 0.595. The second-order valence-corrected chi connectivity index (χ2v) is 11.8. The minimum atomic E-state index is -1.75. The third kappa shape index (κ3) is 5.43. The van der Waals surface area contributed by atoms with Crippen LogP contribution in [0.15, 0.2) is 35.5 Å². The predicted molar refractivity (Wildman–Crippen MR) is 83.6 cm³/mol. The van der Waals surface area contributed by atoms with Gasteiger partial charge >= 0.3 is 5.97 Å². The molecule has 1 rings (SSSR count). The van der Waals surface area contributed by atoms with Crippen molar-refractivity contribution >= 4 is 20.1 Å². The number of benzene rings is 1. The molecular formula is C16H24O2Si. The highest BCUT2D eigenvalue weighted by Crippen LogP contribution is 2.22. The van der Waals surface area contributed by atoms with Gasteiger partial charge in [-0.1, -0.05) is 50.0 Å². The third-order valence-corrected chi connectivity index (χ3v) is 4.50. The monoisotopic (exact) mass is 276 g/mol. The van der Waals surface area contributed by atoms with Crippen LogP contribution in [0.4, 0.5) is 0 Å². The number of carbonyl (C=O) groups is 1. The van der Waals surface area contributed by atoms with Crippen LogP contribution in [-0.4, -0.2) is 19.6 Å². The average molecular weight is 276 g/mol. The molecule has 0 heterocycles. The summed E-state index contributed by atoms with van der Waals surface area (Å²) in [5.74, 6) is -0.185. The van der Waals surface area contributed by atoms with Gasteiger partial charge in [-0.05, 0) is 32.4 Å². The fraction of sp³-hybridized carbons (Fsp3) is 0.438. The van der Waals surface area contributed by atoms with Crippen LogP contribution in [0.25, 0.3) is 6.08 Å². The predicted octanol–water partition coefficient (Wildman–Crippen LogP) is 4.29. The van der Waals surface area contributed by atoms with Crippen LogP contribution in [0, 0.1) is 0 Å².